The molecule has 0 radical (unpaired) electrons. The highest BCUT2D eigenvalue weighted by Gasteiger charge is 2.31. The van der Waals surface area contributed by atoms with Gasteiger partial charge >= 0.3 is 0 Å². The molecule has 0 aliphatic carbocycles. The third-order valence-electron chi connectivity index (χ3n) is 3.74. The van der Waals surface area contributed by atoms with E-state index in [1.807, 2.05) is 35.2 Å². The van der Waals surface area contributed by atoms with Gasteiger partial charge in [0.05, 0.1) is 11.6 Å². The van der Waals surface area contributed by atoms with Crippen molar-refractivity contribution in [3.05, 3.63) is 36.5 Å². The molecule has 1 atom stereocenters. The normalized spacial score (nSPS) is 18.9. The van der Waals surface area contributed by atoms with Crippen molar-refractivity contribution in [1.82, 2.24) is 10.3 Å². The van der Waals surface area contributed by atoms with Gasteiger partial charge in [0.1, 0.15) is 0 Å². The summed E-state index contributed by atoms with van der Waals surface area (Å²) in [5.41, 5.74) is 1.93. The lowest BCUT2D eigenvalue weighted by Gasteiger charge is -2.17. The Morgan fingerprint density at radius 3 is 3.15 bits per heavy atom. The zero-order chi connectivity index (χ0) is 13.9. The lowest BCUT2D eigenvalue weighted by Crippen LogP contribution is -2.38. The molecule has 1 aliphatic rings. The topological polar surface area (TPSA) is 45.2 Å². The maximum atomic E-state index is 12.4. The van der Waals surface area contributed by atoms with Gasteiger partial charge in [-0.25, -0.2) is 0 Å². The van der Waals surface area contributed by atoms with E-state index in [1.165, 1.54) is 0 Å². The average molecular weight is 269 g/mol. The molecule has 104 valence electrons. The summed E-state index contributed by atoms with van der Waals surface area (Å²) in [6.45, 7) is 3.79. The summed E-state index contributed by atoms with van der Waals surface area (Å²) in [7, 11) is 0. The first-order valence-corrected chi connectivity index (χ1v) is 7.19. The molecule has 4 nitrogen and oxygen atoms in total. The van der Waals surface area contributed by atoms with E-state index in [2.05, 4.69) is 17.2 Å². The minimum Gasteiger partial charge on any atom is -0.311 e. The van der Waals surface area contributed by atoms with Gasteiger partial charge in [0.15, 0.2) is 0 Å². The molecule has 1 fully saturated rings. The Morgan fingerprint density at radius 2 is 2.30 bits per heavy atom. The molecule has 0 bridgehead atoms. The van der Waals surface area contributed by atoms with Gasteiger partial charge in [0, 0.05) is 23.8 Å². The fourth-order valence-electron chi connectivity index (χ4n) is 2.68. The van der Waals surface area contributed by atoms with Crippen LogP contribution in [0.3, 0.4) is 0 Å². The summed E-state index contributed by atoms with van der Waals surface area (Å²) >= 11 is 0. The number of aromatic nitrogens is 1. The number of nitrogens with one attached hydrogen (secondary N) is 1. The number of rotatable bonds is 4. The Bertz CT molecular complexity index is 626. The fraction of sp³-hybridized carbons (Fsp3) is 0.375. The van der Waals surface area contributed by atoms with Crippen molar-refractivity contribution >= 4 is 22.5 Å². The maximum absolute atomic E-state index is 12.4. The second-order valence-electron chi connectivity index (χ2n) is 5.17. The number of amides is 1. The Hall–Kier alpha value is -1.94. The van der Waals surface area contributed by atoms with Crippen LogP contribution in [0.1, 0.15) is 19.8 Å². The van der Waals surface area contributed by atoms with Crippen LogP contribution in [0, 0.1) is 0 Å². The van der Waals surface area contributed by atoms with E-state index in [0.717, 1.165) is 42.5 Å². The van der Waals surface area contributed by atoms with Gasteiger partial charge in [-0.15, -0.1) is 0 Å². The van der Waals surface area contributed by atoms with Crippen LogP contribution in [0.4, 0.5) is 5.69 Å². The summed E-state index contributed by atoms with van der Waals surface area (Å²) in [4.78, 5) is 18.6. The van der Waals surface area contributed by atoms with Gasteiger partial charge in [-0.3, -0.25) is 9.78 Å². The van der Waals surface area contributed by atoms with Gasteiger partial charge in [-0.05, 0) is 43.7 Å². The molecule has 1 aromatic carbocycles. The van der Waals surface area contributed by atoms with E-state index in [0.29, 0.717) is 0 Å². The second-order valence-corrected chi connectivity index (χ2v) is 5.17. The van der Waals surface area contributed by atoms with E-state index in [4.69, 9.17) is 0 Å². The van der Waals surface area contributed by atoms with Gasteiger partial charge < -0.3 is 10.2 Å². The van der Waals surface area contributed by atoms with Crippen LogP contribution in [0.2, 0.25) is 0 Å². The molecule has 1 aromatic heterocycles. The number of hydrogen-bond donors (Lipinski definition) is 1. The van der Waals surface area contributed by atoms with Gasteiger partial charge in [-0.1, -0.05) is 13.0 Å². The zero-order valence-electron chi connectivity index (χ0n) is 11.7. The van der Waals surface area contributed by atoms with Crippen molar-refractivity contribution in [2.24, 2.45) is 0 Å². The van der Waals surface area contributed by atoms with Crippen molar-refractivity contribution in [3.63, 3.8) is 0 Å². The van der Waals surface area contributed by atoms with Crippen molar-refractivity contribution in [2.45, 2.75) is 25.8 Å². The molecule has 2 aromatic rings. The molecule has 3 rings (SSSR count). The molecule has 20 heavy (non-hydrogen) atoms. The number of carbonyl (C=O) groups is 1. The number of benzene rings is 1. The van der Waals surface area contributed by atoms with Crippen molar-refractivity contribution in [2.75, 3.05) is 18.0 Å². The van der Waals surface area contributed by atoms with E-state index < -0.39 is 0 Å². The number of anilines is 1. The van der Waals surface area contributed by atoms with Gasteiger partial charge in [-0.2, -0.15) is 0 Å². The number of pyridine rings is 1. The lowest BCUT2D eigenvalue weighted by atomic mass is 10.2. The molecule has 0 spiro atoms. The minimum absolute atomic E-state index is 0.0282. The predicted molar refractivity (Wildman–Crippen MR) is 80.8 cm³/mol. The maximum Gasteiger partial charge on any atom is 0.244 e. The SMILES string of the molecule is CCCNC1CCN(c2ccc3ncccc3c2)C1=O. The highest BCUT2D eigenvalue weighted by molar-refractivity contribution is 6.00. The Morgan fingerprint density at radius 1 is 1.40 bits per heavy atom. The summed E-state index contributed by atoms with van der Waals surface area (Å²) < 4.78 is 0. The van der Waals surface area contributed by atoms with Crippen LogP contribution in [-0.4, -0.2) is 30.0 Å². The number of hydrogen-bond acceptors (Lipinski definition) is 3. The molecule has 2 heterocycles. The smallest absolute Gasteiger partial charge is 0.244 e. The molecule has 1 saturated heterocycles. The molecule has 1 amide bonds. The summed E-state index contributed by atoms with van der Waals surface area (Å²) in [6.07, 6.45) is 3.71. The second kappa shape index (κ2) is 5.59. The van der Waals surface area contributed by atoms with E-state index in [1.54, 1.807) is 6.20 Å². The van der Waals surface area contributed by atoms with Crippen LogP contribution >= 0.6 is 0 Å². The first kappa shape index (κ1) is 13.1. The molecular formula is C16H19N3O. The van der Waals surface area contributed by atoms with Crippen LogP contribution in [-0.2, 0) is 4.79 Å². The summed E-state index contributed by atoms with van der Waals surface area (Å²) in [5.74, 6) is 0.182. The summed E-state index contributed by atoms with van der Waals surface area (Å²) in [5, 5.41) is 4.39. The monoisotopic (exact) mass is 269 g/mol. The first-order chi connectivity index (χ1) is 9.79. The Labute approximate surface area is 118 Å². The predicted octanol–water partition coefficient (Wildman–Crippen LogP) is 2.34. The number of fused-ring (bicyclic) bond motifs is 1. The third-order valence-corrected chi connectivity index (χ3v) is 3.74. The largest absolute Gasteiger partial charge is 0.311 e. The lowest BCUT2D eigenvalue weighted by molar-refractivity contribution is -0.118. The van der Waals surface area contributed by atoms with Crippen molar-refractivity contribution in [3.8, 4) is 0 Å². The first-order valence-electron chi connectivity index (χ1n) is 7.19. The third kappa shape index (κ3) is 2.39. The molecular weight excluding hydrogens is 250 g/mol. The van der Waals surface area contributed by atoms with E-state index >= 15 is 0 Å². The Kier molecular flexibility index (Phi) is 3.65. The number of carbonyl (C=O) groups excluding carboxylic acids is 1. The van der Waals surface area contributed by atoms with Gasteiger partial charge in [0.2, 0.25) is 5.91 Å². The van der Waals surface area contributed by atoms with Crippen molar-refractivity contribution in [1.29, 1.82) is 0 Å². The van der Waals surface area contributed by atoms with Crippen molar-refractivity contribution < 1.29 is 4.79 Å². The molecule has 1 unspecified atom stereocenters. The summed E-state index contributed by atoms with van der Waals surface area (Å²) in [6, 6.07) is 9.92. The minimum atomic E-state index is -0.0282. The quantitative estimate of drug-likeness (QED) is 0.926. The molecule has 1 N–H and O–H groups in total. The Balaban J connectivity index is 1.83. The van der Waals surface area contributed by atoms with E-state index in [-0.39, 0.29) is 11.9 Å². The average Bonchev–Trinajstić information content (AvgIpc) is 2.85. The zero-order valence-corrected chi connectivity index (χ0v) is 11.7. The van der Waals surface area contributed by atoms with Crippen LogP contribution in [0.15, 0.2) is 36.5 Å². The molecule has 0 saturated carbocycles. The number of nitrogens with zero attached hydrogens (tertiary/aromatic N) is 2. The highest BCUT2D eigenvalue weighted by atomic mass is 16.2. The standard InChI is InChI=1S/C16H19N3O/c1-2-8-17-15-7-10-19(16(15)20)13-5-6-14-12(11-13)4-3-9-18-14/h3-6,9,11,15,17H,2,7-8,10H2,1H3. The van der Waals surface area contributed by atoms with Crippen LogP contribution < -0.4 is 10.2 Å². The molecule has 1 aliphatic heterocycles. The van der Waals surface area contributed by atoms with Crippen LogP contribution in [0.5, 0.6) is 0 Å². The fourth-order valence-corrected chi connectivity index (χ4v) is 2.68. The van der Waals surface area contributed by atoms with Crippen LogP contribution in [0.25, 0.3) is 10.9 Å². The highest BCUT2D eigenvalue weighted by Crippen LogP contribution is 2.25. The van der Waals surface area contributed by atoms with E-state index in [9.17, 15) is 4.79 Å². The van der Waals surface area contributed by atoms with Gasteiger partial charge in [0.25, 0.3) is 0 Å². The molecule has 4 heteroatoms.